The van der Waals surface area contributed by atoms with Gasteiger partial charge in [0.25, 0.3) is 0 Å². The van der Waals surface area contributed by atoms with Gasteiger partial charge in [-0.2, -0.15) is 0 Å². The lowest BCUT2D eigenvalue weighted by Gasteiger charge is -2.01. The van der Waals surface area contributed by atoms with Crippen molar-refractivity contribution in [1.29, 1.82) is 0 Å². The number of carbonyl (C=O) groups is 2. The van der Waals surface area contributed by atoms with Crippen molar-refractivity contribution in [3.63, 3.8) is 0 Å². The Hall–Kier alpha value is -1.26. The topological polar surface area (TPSA) is 182 Å². The summed E-state index contributed by atoms with van der Waals surface area (Å²) in [6.45, 7) is -0.500. The monoisotopic (exact) mass is 271 g/mol. The van der Waals surface area contributed by atoms with Crippen LogP contribution in [-0.4, -0.2) is 75.0 Å². The van der Waals surface area contributed by atoms with Crippen LogP contribution < -0.4 is 5.73 Å². The molecule has 9 nitrogen and oxygen atoms in total. The van der Waals surface area contributed by atoms with Gasteiger partial charge in [0, 0.05) is 6.42 Å². The molecule has 0 aromatic carbocycles. The first-order valence-electron chi connectivity index (χ1n) is 5.00. The maximum absolute atomic E-state index is 9.99. The van der Waals surface area contributed by atoms with E-state index in [9.17, 15) is 9.59 Å². The highest BCUT2D eigenvalue weighted by molar-refractivity contribution is 5.74. The van der Waals surface area contributed by atoms with Crippen LogP contribution in [0.5, 0.6) is 0 Å². The van der Waals surface area contributed by atoms with Gasteiger partial charge in [-0.25, -0.2) is 0 Å². The number of hydrogen-bond donors (Lipinski definition) is 7. The molecule has 0 aliphatic carbocycles. The highest BCUT2D eigenvalue weighted by Crippen LogP contribution is 1.93. The van der Waals surface area contributed by atoms with Crippen molar-refractivity contribution >= 4 is 11.9 Å². The molecule has 0 aliphatic heterocycles. The van der Waals surface area contributed by atoms with Gasteiger partial charge in [-0.1, -0.05) is 0 Å². The molecule has 0 spiro atoms. The van der Waals surface area contributed by atoms with Crippen molar-refractivity contribution in [2.75, 3.05) is 26.4 Å². The summed E-state index contributed by atoms with van der Waals surface area (Å²) >= 11 is 0. The van der Waals surface area contributed by atoms with Crippen LogP contribution in [0, 0.1) is 0 Å². The summed E-state index contributed by atoms with van der Waals surface area (Å²) in [5, 5.41) is 46.8. The van der Waals surface area contributed by atoms with Gasteiger partial charge in [0.2, 0.25) is 0 Å². The largest absolute Gasteiger partial charge is 0.481 e. The first-order valence-corrected chi connectivity index (χ1v) is 5.00. The number of aliphatic hydroxyl groups is 4. The van der Waals surface area contributed by atoms with Gasteiger partial charge in [0.05, 0.1) is 26.4 Å². The second-order valence-electron chi connectivity index (χ2n) is 2.77. The van der Waals surface area contributed by atoms with Gasteiger partial charge >= 0.3 is 11.9 Å². The third-order valence-electron chi connectivity index (χ3n) is 1.19. The second-order valence-corrected chi connectivity index (χ2v) is 2.77. The minimum atomic E-state index is -1.17. The van der Waals surface area contributed by atoms with E-state index in [1.165, 1.54) is 0 Å². The van der Waals surface area contributed by atoms with E-state index in [0.29, 0.717) is 0 Å². The molecule has 110 valence electrons. The van der Waals surface area contributed by atoms with Crippen LogP contribution >= 0.6 is 0 Å². The number of carboxylic acids is 2. The standard InChI is InChI=1S/C5H9NO4.2C2H6O2/c6-3(5(9)10)1-2-4(7)8;2*3-1-2-4/h3H,1-2,6H2,(H,7,8)(H,9,10);2*3-4H,1-2H2/t3-;;/m0../s1. The van der Waals surface area contributed by atoms with E-state index in [2.05, 4.69) is 0 Å². The molecule has 9 heteroatoms. The Morgan fingerprint density at radius 2 is 1.22 bits per heavy atom. The lowest BCUT2D eigenvalue weighted by molar-refractivity contribution is -0.139. The first kappa shape index (κ1) is 22.0. The summed E-state index contributed by atoms with van der Waals surface area (Å²) in [6, 6.07) is -1.06. The van der Waals surface area contributed by atoms with E-state index in [1.54, 1.807) is 0 Å². The fourth-order valence-corrected chi connectivity index (χ4v) is 0.402. The molecule has 0 heterocycles. The Kier molecular flexibility index (Phi) is 22.1. The summed E-state index contributed by atoms with van der Waals surface area (Å²) < 4.78 is 0. The maximum atomic E-state index is 9.99. The zero-order chi connectivity index (χ0) is 15.0. The fourth-order valence-electron chi connectivity index (χ4n) is 0.402. The molecular formula is C9H21NO8. The molecule has 0 rings (SSSR count). The Morgan fingerprint density at radius 3 is 1.39 bits per heavy atom. The SMILES string of the molecule is N[C@@H](CCC(=O)O)C(=O)O.OCCO.OCCO. The molecule has 8 N–H and O–H groups in total. The molecule has 0 aromatic heterocycles. The summed E-state index contributed by atoms with van der Waals surface area (Å²) in [5.74, 6) is -2.20. The number of carboxylic acid groups (broad SMARTS) is 2. The van der Waals surface area contributed by atoms with E-state index in [-0.39, 0.29) is 39.3 Å². The molecule has 0 bridgehead atoms. The zero-order valence-electron chi connectivity index (χ0n) is 9.90. The van der Waals surface area contributed by atoms with E-state index in [1.807, 2.05) is 0 Å². The summed E-state index contributed by atoms with van der Waals surface area (Å²) in [5.41, 5.74) is 5.00. The number of hydrogen-bond acceptors (Lipinski definition) is 7. The van der Waals surface area contributed by atoms with Crippen LogP contribution in [0.1, 0.15) is 12.8 Å². The van der Waals surface area contributed by atoms with Gasteiger partial charge in [-0.05, 0) is 6.42 Å². The van der Waals surface area contributed by atoms with Crippen LogP contribution in [0.2, 0.25) is 0 Å². The second kappa shape index (κ2) is 18.1. The first-order chi connectivity index (χ1) is 8.37. The molecular weight excluding hydrogens is 250 g/mol. The molecule has 0 saturated carbocycles. The highest BCUT2D eigenvalue weighted by atomic mass is 16.4. The molecule has 0 aromatic rings. The lowest BCUT2D eigenvalue weighted by atomic mass is 10.2. The van der Waals surface area contributed by atoms with E-state index >= 15 is 0 Å². The van der Waals surface area contributed by atoms with Crippen molar-refractivity contribution in [2.45, 2.75) is 18.9 Å². The van der Waals surface area contributed by atoms with Gasteiger partial charge in [0.1, 0.15) is 6.04 Å². The van der Waals surface area contributed by atoms with Crippen molar-refractivity contribution in [1.82, 2.24) is 0 Å². The molecule has 0 fully saturated rings. The average Bonchev–Trinajstić information content (AvgIpc) is 2.36. The van der Waals surface area contributed by atoms with Gasteiger partial charge in [-0.3, -0.25) is 9.59 Å². The minimum absolute atomic E-state index is 0.0231. The maximum Gasteiger partial charge on any atom is 0.320 e. The van der Waals surface area contributed by atoms with Crippen LogP contribution in [0.25, 0.3) is 0 Å². The minimum Gasteiger partial charge on any atom is -0.481 e. The van der Waals surface area contributed by atoms with Crippen molar-refractivity contribution < 1.29 is 40.2 Å². The van der Waals surface area contributed by atoms with Gasteiger partial charge in [-0.15, -0.1) is 0 Å². The van der Waals surface area contributed by atoms with E-state index in [4.69, 9.17) is 36.4 Å². The third kappa shape index (κ3) is 29.3. The fraction of sp³-hybridized carbons (Fsp3) is 0.778. The zero-order valence-corrected chi connectivity index (χ0v) is 9.90. The number of rotatable bonds is 6. The van der Waals surface area contributed by atoms with E-state index < -0.39 is 18.0 Å². The Morgan fingerprint density at radius 1 is 0.889 bits per heavy atom. The number of aliphatic hydroxyl groups excluding tert-OH is 4. The van der Waals surface area contributed by atoms with Crippen molar-refractivity contribution in [2.24, 2.45) is 5.73 Å². The van der Waals surface area contributed by atoms with Crippen LogP contribution in [0.15, 0.2) is 0 Å². The van der Waals surface area contributed by atoms with Crippen molar-refractivity contribution in [3.8, 4) is 0 Å². The molecule has 0 unspecified atom stereocenters. The Bertz CT molecular complexity index is 191. The van der Waals surface area contributed by atoms with Crippen LogP contribution in [0.3, 0.4) is 0 Å². The molecule has 18 heavy (non-hydrogen) atoms. The number of nitrogens with two attached hydrogens (primary N) is 1. The van der Waals surface area contributed by atoms with Gasteiger partial charge in [0.15, 0.2) is 0 Å². The molecule has 1 atom stereocenters. The normalized spacial score (nSPS) is 10.3. The van der Waals surface area contributed by atoms with Crippen molar-refractivity contribution in [3.05, 3.63) is 0 Å². The molecule has 0 radical (unpaired) electrons. The molecule has 0 saturated heterocycles. The van der Waals surface area contributed by atoms with Crippen LogP contribution in [0.4, 0.5) is 0 Å². The summed E-state index contributed by atoms with van der Waals surface area (Å²) in [7, 11) is 0. The number of aliphatic carboxylic acids is 2. The Labute approximate surface area is 104 Å². The lowest BCUT2D eigenvalue weighted by Crippen LogP contribution is -2.30. The smallest absolute Gasteiger partial charge is 0.320 e. The van der Waals surface area contributed by atoms with Crippen LogP contribution in [-0.2, 0) is 9.59 Å². The highest BCUT2D eigenvalue weighted by Gasteiger charge is 2.12. The quantitative estimate of drug-likeness (QED) is 0.268. The third-order valence-corrected chi connectivity index (χ3v) is 1.19. The molecule has 0 aliphatic rings. The summed E-state index contributed by atoms with van der Waals surface area (Å²) in [4.78, 5) is 19.9. The summed E-state index contributed by atoms with van der Waals surface area (Å²) in [6.07, 6.45) is -0.224. The van der Waals surface area contributed by atoms with E-state index in [0.717, 1.165) is 0 Å². The predicted octanol–water partition coefficient (Wildman–Crippen LogP) is -2.79. The van der Waals surface area contributed by atoms with Gasteiger partial charge < -0.3 is 36.4 Å². The Balaban J connectivity index is -0.000000233. The predicted molar refractivity (Wildman–Crippen MR) is 60.8 cm³/mol. The molecule has 0 amide bonds. The average molecular weight is 271 g/mol.